The highest BCUT2D eigenvalue weighted by Gasteiger charge is 2.21. The zero-order valence-corrected chi connectivity index (χ0v) is 19.9. The van der Waals surface area contributed by atoms with E-state index in [0.717, 1.165) is 43.8 Å². The van der Waals surface area contributed by atoms with E-state index in [2.05, 4.69) is 24.5 Å². The maximum atomic E-state index is 12.7. The quantitative estimate of drug-likeness (QED) is 0.438. The van der Waals surface area contributed by atoms with Gasteiger partial charge in [-0.05, 0) is 61.6 Å². The number of hydrogen-bond acceptors (Lipinski definition) is 4. The lowest BCUT2D eigenvalue weighted by Gasteiger charge is -2.30. The molecule has 0 bridgehead atoms. The third kappa shape index (κ3) is 8.12. The van der Waals surface area contributed by atoms with Crippen molar-refractivity contribution in [3.8, 4) is 5.75 Å². The molecule has 178 valence electrons. The van der Waals surface area contributed by atoms with Crippen LogP contribution in [0.1, 0.15) is 62.7 Å². The number of amides is 2. The Morgan fingerprint density at radius 2 is 1.76 bits per heavy atom. The summed E-state index contributed by atoms with van der Waals surface area (Å²) in [7, 11) is 0. The first-order valence-electron chi connectivity index (χ1n) is 12.2. The summed E-state index contributed by atoms with van der Waals surface area (Å²) in [6.07, 6.45) is 6.79. The van der Waals surface area contributed by atoms with Gasteiger partial charge >= 0.3 is 0 Å². The van der Waals surface area contributed by atoms with Crippen LogP contribution in [0.3, 0.4) is 0 Å². The molecular weight excluding hydrogens is 414 g/mol. The summed E-state index contributed by atoms with van der Waals surface area (Å²) in [5, 5.41) is 6.01. The van der Waals surface area contributed by atoms with Crippen LogP contribution in [0.5, 0.6) is 5.75 Å². The number of anilines is 2. The number of hydrogen-bond donors (Lipinski definition) is 2. The summed E-state index contributed by atoms with van der Waals surface area (Å²) >= 11 is 0. The third-order valence-electron chi connectivity index (χ3n) is 6.04. The Morgan fingerprint density at radius 1 is 1.00 bits per heavy atom. The van der Waals surface area contributed by atoms with Crippen molar-refractivity contribution in [1.82, 2.24) is 4.90 Å². The van der Waals surface area contributed by atoms with Gasteiger partial charge in [-0.25, -0.2) is 0 Å². The van der Waals surface area contributed by atoms with Gasteiger partial charge in [0.2, 0.25) is 5.91 Å². The summed E-state index contributed by atoms with van der Waals surface area (Å²) in [4.78, 5) is 26.9. The smallest absolute Gasteiger partial charge is 0.253 e. The fraction of sp³-hybridized carbons (Fsp3) is 0.481. The first-order chi connectivity index (χ1) is 16.0. The predicted octanol–water partition coefficient (Wildman–Crippen LogP) is 5.57. The number of carbonyl (C=O) groups is 2. The molecule has 2 amide bonds. The molecule has 0 unspecified atom stereocenters. The van der Waals surface area contributed by atoms with Crippen molar-refractivity contribution >= 4 is 23.2 Å². The van der Waals surface area contributed by atoms with E-state index in [1.165, 1.54) is 19.3 Å². The standard InChI is InChI=1S/C27H37N3O3/c1-3-4-5-6-18-33-25-9-7-8-24(19-25)28-20-26(31)29-23-12-10-22(11-13-23)27(32)30-16-14-21(2)15-17-30/h7-13,19,21,28H,3-6,14-18,20H2,1-2H3,(H,29,31). The van der Waals surface area contributed by atoms with Gasteiger partial charge in [-0.1, -0.05) is 39.2 Å². The molecule has 2 N–H and O–H groups in total. The molecule has 0 aromatic heterocycles. The third-order valence-corrected chi connectivity index (χ3v) is 6.04. The Morgan fingerprint density at radius 3 is 2.48 bits per heavy atom. The van der Waals surface area contributed by atoms with Crippen LogP contribution in [0.4, 0.5) is 11.4 Å². The lowest BCUT2D eigenvalue weighted by atomic mass is 9.98. The van der Waals surface area contributed by atoms with Gasteiger partial charge in [0.1, 0.15) is 5.75 Å². The maximum absolute atomic E-state index is 12.7. The molecule has 1 aliphatic heterocycles. The van der Waals surface area contributed by atoms with Crippen molar-refractivity contribution in [2.75, 3.05) is 36.9 Å². The van der Waals surface area contributed by atoms with E-state index in [4.69, 9.17) is 4.74 Å². The molecule has 1 heterocycles. The molecule has 1 fully saturated rings. The Kier molecular flexibility index (Phi) is 9.60. The largest absolute Gasteiger partial charge is 0.494 e. The second kappa shape index (κ2) is 12.9. The topological polar surface area (TPSA) is 70.7 Å². The van der Waals surface area contributed by atoms with Crippen molar-refractivity contribution in [2.45, 2.75) is 52.4 Å². The van der Waals surface area contributed by atoms with Crippen molar-refractivity contribution in [2.24, 2.45) is 5.92 Å². The predicted molar refractivity (Wildman–Crippen MR) is 134 cm³/mol. The van der Waals surface area contributed by atoms with Gasteiger partial charge < -0.3 is 20.3 Å². The van der Waals surface area contributed by atoms with E-state index < -0.39 is 0 Å². The van der Waals surface area contributed by atoms with Crippen LogP contribution < -0.4 is 15.4 Å². The van der Waals surface area contributed by atoms with E-state index in [1.54, 1.807) is 24.3 Å². The minimum Gasteiger partial charge on any atom is -0.494 e. The van der Waals surface area contributed by atoms with Crippen molar-refractivity contribution in [3.05, 3.63) is 54.1 Å². The number of unbranched alkanes of at least 4 members (excludes halogenated alkanes) is 3. The number of rotatable bonds is 11. The molecule has 1 aliphatic rings. The molecule has 0 saturated carbocycles. The molecule has 1 saturated heterocycles. The molecule has 3 rings (SSSR count). The first kappa shape index (κ1) is 24.6. The van der Waals surface area contributed by atoms with Gasteiger partial charge in [0, 0.05) is 36.1 Å². The molecular formula is C27H37N3O3. The Bertz CT molecular complexity index is 890. The van der Waals surface area contributed by atoms with Gasteiger partial charge in [0.05, 0.1) is 13.2 Å². The summed E-state index contributed by atoms with van der Waals surface area (Å²) < 4.78 is 5.80. The van der Waals surface area contributed by atoms with Gasteiger partial charge in [-0.15, -0.1) is 0 Å². The molecule has 6 nitrogen and oxygen atoms in total. The molecule has 2 aromatic carbocycles. The Labute approximate surface area is 197 Å². The van der Waals surface area contributed by atoms with Crippen molar-refractivity contribution < 1.29 is 14.3 Å². The van der Waals surface area contributed by atoms with E-state index in [0.29, 0.717) is 23.8 Å². The lowest BCUT2D eigenvalue weighted by molar-refractivity contribution is -0.114. The normalized spacial score (nSPS) is 14.1. The van der Waals surface area contributed by atoms with E-state index >= 15 is 0 Å². The van der Waals surface area contributed by atoms with E-state index in [-0.39, 0.29) is 18.4 Å². The highest BCUT2D eigenvalue weighted by atomic mass is 16.5. The molecule has 0 aliphatic carbocycles. The van der Waals surface area contributed by atoms with Crippen LogP contribution in [-0.4, -0.2) is 43.0 Å². The zero-order chi connectivity index (χ0) is 23.5. The lowest BCUT2D eigenvalue weighted by Crippen LogP contribution is -2.37. The van der Waals surface area contributed by atoms with Gasteiger partial charge in [-0.2, -0.15) is 0 Å². The summed E-state index contributed by atoms with van der Waals surface area (Å²) in [6.45, 7) is 6.91. The van der Waals surface area contributed by atoms with Gasteiger partial charge in [0.25, 0.3) is 5.91 Å². The number of carbonyl (C=O) groups excluding carboxylic acids is 2. The number of nitrogens with zero attached hydrogens (tertiary/aromatic N) is 1. The van der Waals surface area contributed by atoms with Crippen LogP contribution in [0, 0.1) is 5.92 Å². The second-order valence-electron chi connectivity index (χ2n) is 8.89. The number of benzene rings is 2. The van der Waals surface area contributed by atoms with Gasteiger partial charge in [-0.3, -0.25) is 9.59 Å². The average Bonchev–Trinajstić information content (AvgIpc) is 2.83. The molecule has 33 heavy (non-hydrogen) atoms. The minimum atomic E-state index is -0.148. The fourth-order valence-electron chi connectivity index (χ4n) is 3.89. The zero-order valence-electron chi connectivity index (χ0n) is 19.9. The van der Waals surface area contributed by atoms with Crippen LogP contribution in [0.2, 0.25) is 0 Å². The minimum absolute atomic E-state index is 0.0638. The van der Waals surface area contributed by atoms with Crippen LogP contribution in [0.25, 0.3) is 0 Å². The van der Waals surface area contributed by atoms with Crippen LogP contribution in [-0.2, 0) is 4.79 Å². The second-order valence-corrected chi connectivity index (χ2v) is 8.89. The SMILES string of the molecule is CCCCCCOc1cccc(NCC(=O)Nc2ccc(C(=O)N3CCC(C)CC3)cc2)c1. The van der Waals surface area contributed by atoms with Crippen LogP contribution >= 0.6 is 0 Å². The number of piperidine rings is 1. The highest BCUT2D eigenvalue weighted by Crippen LogP contribution is 2.20. The van der Waals surface area contributed by atoms with Crippen molar-refractivity contribution in [3.63, 3.8) is 0 Å². The Hall–Kier alpha value is -3.02. The maximum Gasteiger partial charge on any atom is 0.253 e. The first-order valence-corrected chi connectivity index (χ1v) is 12.2. The molecule has 0 spiro atoms. The molecule has 2 aromatic rings. The van der Waals surface area contributed by atoms with Gasteiger partial charge in [0.15, 0.2) is 0 Å². The monoisotopic (exact) mass is 451 g/mol. The molecule has 0 atom stereocenters. The van der Waals surface area contributed by atoms with E-state index in [9.17, 15) is 9.59 Å². The summed E-state index contributed by atoms with van der Waals surface area (Å²) in [5.41, 5.74) is 2.18. The summed E-state index contributed by atoms with van der Waals surface area (Å²) in [6, 6.07) is 14.8. The number of likely N-dealkylation sites (tertiary alicyclic amines) is 1. The van der Waals surface area contributed by atoms with Crippen LogP contribution in [0.15, 0.2) is 48.5 Å². The molecule has 6 heteroatoms. The highest BCUT2D eigenvalue weighted by molar-refractivity contribution is 5.96. The van der Waals surface area contributed by atoms with E-state index in [1.807, 2.05) is 29.2 Å². The fourth-order valence-corrected chi connectivity index (χ4v) is 3.89. The number of ether oxygens (including phenoxy) is 1. The van der Waals surface area contributed by atoms with Crippen molar-refractivity contribution in [1.29, 1.82) is 0 Å². The average molecular weight is 452 g/mol. The summed E-state index contributed by atoms with van der Waals surface area (Å²) in [5.74, 6) is 1.41. The Balaban J connectivity index is 1.42. The number of nitrogens with one attached hydrogen (secondary N) is 2. The molecule has 0 radical (unpaired) electrons.